The molecule has 0 aromatic heterocycles. The van der Waals surface area contributed by atoms with Crippen LogP contribution >= 0.6 is 0 Å². The first-order chi connectivity index (χ1) is 9.02. The predicted octanol–water partition coefficient (Wildman–Crippen LogP) is 0.969. The summed E-state index contributed by atoms with van der Waals surface area (Å²) in [4.78, 5) is 23.1. The summed E-state index contributed by atoms with van der Waals surface area (Å²) in [6, 6.07) is 4.12. The maximum atomic E-state index is 11.6. The monoisotopic (exact) mass is 264 g/mol. The molecule has 6 nitrogen and oxygen atoms in total. The van der Waals surface area contributed by atoms with E-state index in [1.807, 2.05) is 0 Å². The average Bonchev–Trinajstić information content (AvgIpc) is 2.39. The van der Waals surface area contributed by atoms with Crippen molar-refractivity contribution in [1.82, 2.24) is 0 Å². The molecule has 2 rings (SSSR count). The molecule has 0 bridgehead atoms. The van der Waals surface area contributed by atoms with Crippen molar-refractivity contribution in [3.8, 4) is 5.75 Å². The van der Waals surface area contributed by atoms with Gasteiger partial charge in [-0.3, -0.25) is 4.79 Å². The molecule has 2 atom stereocenters. The molecule has 0 spiro atoms. The quantitative estimate of drug-likeness (QED) is 0.794. The summed E-state index contributed by atoms with van der Waals surface area (Å²) in [5, 5.41) is 2.70. The Morgan fingerprint density at radius 1 is 1.58 bits per heavy atom. The first kappa shape index (κ1) is 13.4. The third kappa shape index (κ3) is 2.68. The molecule has 0 saturated carbocycles. The summed E-state index contributed by atoms with van der Waals surface area (Å²) in [7, 11) is 0. The fourth-order valence-electron chi connectivity index (χ4n) is 1.79. The van der Waals surface area contributed by atoms with Gasteiger partial charge in [-0.1, -0.05) is 6.07 Å². The van der Waals surface area contributed by atoms with Gasteiger partial charge < -0.3 is 20.5 Å². The highest BCUT2D eigenvalue weighted by atomic mass is 16.5. The van der Waals surface area contributed by atoms with E-state index in [1.165, 1.54) is 0 Å². The van der Waals surface area contributed by atoms with E-state index in [4.69, 9.17) is 15.2 Å². The van der Waals surface area contributed by atoms with Crippen molar-refractivity contribution in [3.05, 3.63) is 23.8 Å². The molecule has 0 radical (unpaired) electrons. The van der Waals surface area contributed by atoms with E-state index in [-0.39, 0.29) is 12.5 Å². The lowest BCUT2D eigenvalue weighted by Crippen LogP contribution is -2.34. The van der Waals surface area contributed by atoms with Crippen LogP contribution < -0.4 is 15.8 Å². The molecule has 0 fully saturated rings. The molecule has 19 heavy (non-hydrogen) atoms. The van der Waals surface area contributed by atoms with Gasteiger partial charge >= 0.3 is 5.97 Å². The smallest absolute Gasteiger partial charge is 0.327 e. The number of amides is 1. The number of carbonyl (C=O) groups excluding carboxylic acids is 2. The number of nitrogens with two attached hydrogens (primary N) is 1. The maximum absolute atomic E-state index is 11.6. The van der Waals surface area contributed by atoms with E-state index < -0.39 is 18.1 Å². The fourth-order valence-corrected chi connectivity index (χ4v) is 1.79. The van der Waals surface area contributed by atoms with Gasteiger partial charge in [0, 0.05) is 0 Å². The van der Waals surface area contributed by atoms with Gasteiger partial charge in [0.2, 0.25) is 0 Å². The second-order valence-corrected chi connectivity index (χ2v) is 4.23. The SMILES string of the molecule is CCOC(=O)C(N)c1ccc2c(c1)NC(=O)C(C)O2. The Bertz CT molecular complexity index is 515. The number of hydrogen-bond acceptors (Lipinski definition) is 5. The van der Waals surface area contributed by atoms with Crippen LogP contribution in [0.5, 0.6) is 5.75 Å². The molecular formula is C13H16N2O4. The Balaban J connectivity index is 2.24. The molecule has 1 aliphatic heterocycles. The Labute approximate surface area is 110 Å². The molecular weight excluding hydrogens is 248 g/mol. The van der Waals surface area contributed by atoms with Crippen LogP contribution in [0.2, 0.25) is 0 Å². The molecule has 3 N–H and O–H groups in total. The third-order valence-electron chi connectivity index (χ3n) is 2.83. The van der Waals surface area contributed by atoms with Crippen molar-refractivity contribution in [1.29, 1.82) is 0 Å². The number of esters is 1. The zero-order valence-electron chi connectivity index (χ0n) is 10.8. The zero-order valence-corrected chi connectivity index (χ0v) is 10.8. The molecule has 6 heteroatoms. The molecule has 102 valence electrons. The van der Waals surface area contributed by atoms with Crippen molar-refractivity contribution in [2.24, 2.45) is 5.73 Å². The van der Waals surface area contributed by atoms with Crippen molar-refractivity contribution in [2.45, 2.75) is 26.0 Å². The maximum Gasteiger partial charge on any atom is 0.327 e. The number of benzene rings is 1. The highest BCUT2D eigenvalue weighted by Gasteiger charge is 2.25. The first-order valence-electron chi connectivity index (χ1n) is 6.06. The van der Waals surface area contributed by atoms with Gasteiger partial charge in [-0.25, -0.2) is 4.79 Å². The Kier molecular flexibility index (Phi) is 3.71. The Morgan fingerprint density at radius 3 is 3.00 bits per heavy atom. The summed E-state index contributed by atoms with van der Waals surface area (Å²) >= 11 is 0. The minimum absolute atomic E-state index is 0.227. The first-order valence-corrected chi connectivity index (χ1v) is 6.06. The van der Waals surface area contributed by atoms with Crippen LogP contribution in [0, 0.1) is 0 Å². The standard InChI is InChI=1S/C13H16N2O4/c1-3-18-13(17)11(14)8-4-5-10-9(6-8)15-12(16)7(2)19-10/h4-7,11H,3,14H2,1-2H3,(H,15,16). The van der Waals surface area contributed by atoms with Crippen LogP contribution in [0.4, 0.5) is 5.69 Å². The van der Waals surface area contributed by atoms with Gasteiger partial charge in [0.25, 0.3) is 5.91 Å². The normalized spacial score (nSPS) is 18.9. The third-order valence-corrected chi connectivity index (χ3v) is 2.83. The fraction of sp³-hybridized carbons (Fsp3) is 0.385. The number of carbonyl (C=O) groups is 2. The van der Waals surface area contributed by atoms with E-state index >= 15 is 0 Å². The highest BCUT2D eigenvalue weighted by molar-refractivity contribution is 5.97. The van der Waals surface area contributed by atoms with Crippen LogP contribution in [0.15, 0.2) is 18.2 Å². The lowest BCUT2D eigenvalue weighted by Gasteiger charge is -2.24. The number of rotatable bonds is 3. The minimum Gasteiger partial charge on any atom is -0.479 e. The molecule has 1 aromatic rings. The van der Waals surface area contributed by atoms with Crippen molar-refractivity contribution in [3.63, 3.8) is 0 Å². The summed E-state index contributed by atoms with van der Waals surface area (Å²) < 4.78 is 10.3. The molecule has 0 aliphatic carbocycles. The summed E-state index contributed by atoms with van der Waals surface area (Å²) in [6.07, 6.45) is -0.530. The number of anilines is 1. The number of nitrogens with one attached hydrogen (secondary N) is 1. The van der Waals surface area contributed by atoms with E-state index in [0.717, 1.165) is 0 Å². The van der Waals surface area contributed by atoms with Gasteiger partial charge in [0.05, 0.1) is 12.3 Å². The summed E-state index contributed by atoms with van der Waals surface area (Å²) in [5.74, 6) is -0.167. The number of ether oxygens (including phenoxy) is 2. The summed E-state index contributed by atoms with van der Waals surface area (Å²) in [5.41, 5.74) is 6.87. The van der Waals surface area contributed by atoms with Crippen LogP contribution in [0.3, 0.4) is 0 Å². The largest absolute Gasteiger partial charge is 0.479 e. The second-order valence-electron chi connectivity index (χ2n) is 4.23. The average molecular weight is 264 g/mol. The lowest BCUT2D eigenvalue weighted by molar-refractivity contribution is -0.144. The minimum atomic E-state index is -0.874. The second kappa shape index (κ2) is 5.27. The van der Waals surface area contributed by atoms with Crippen molar-refractivity contribution >= 4 is 17.6 Å². The van der Waals surface area contributed by atoms with Crippen molar-refractivity contribution < 1.29 is 19.1 Å². The number of hydrogen-bond donors (Lipinski definition) is 2. The predicted molar refractivity (Wildman–Crippen MR) is 68.7 cm³/mol. The number of fused-ring (bicyclic) bond motifs is 1. The Hall–Kier alpha value is -2.08. The molecule has 1 heterocycles. The van der Waals surface area contributed by atoms with Gasteiger partial charge in [-0.2, -0.15) is 0 Å². The lowest BCUT2D eigenvalue weighted by atomic mass is 10.1. The van der Waals surface area contributed by atoms with E-state index in [1.54, 1.807) is 32.0 Å². The van der Waals surface area contributed by atoms with Gasteiger partial charge in [0.1, 0.15) is 11.8 Å². The van der Waals surface area contributed by atoms with E-state index in [0.29, 0.717) is 17.0 Å². The molecule has 2 unspecified atom stereocenters. The molecule has 1 aromatic carbocycles. The molecule has 0 saturated heterocycles. The van der Waals surface area contributed by atoms with Crippen molar-refractivity contribution in [2.75, 3.05) is 11.9 Å². The van der Waals surface area contributed by atoms with Crippen LogP contribution in [0.1, 0.15) is 25.5 Å². The van der Waals surface area contributed by atoms with E-state index in [2.05, 4.69) is 5.32 Å². The molecule has 1 amide bonds. The van der Waals surface area contributed by atoms with Gasteiger partial charge in [-0.05, 0) is 31.5 Å². The highest BCUT2D eigenvalue weighted by Crippen LogP contribution is 2.31. The van der Waals surface area contributed by atoms with Crippen LogP contribution in [-0.2, 0) is 14.3 Å². The van der Waals surface area contributed by atoms with Crippen LogP contribution in [0.25, 0.3) is 0 Å². The topological polar surface area (TPSA) is 90.6 Å². The van der Waals surface area contributed by atoms with E-state index in [9.17, 15) is 9.59 Å². The summed E-state index contributed by atoms with van der Waals surface area (Å²) in [6.45, 7) is 3.65. The van der Waals surface area contributed by atoms with Gasteiger partial charge in [-0.15, -0.1) is 0 Å². The zero-order chi connectivity index (χ0) is 14.0. The van der Waals surface area contributed by atoms with Gasteiger partial charge in [0.15, 0.2) is 6.10 Å². The Morgan fingerprint density at radius 2 is 2.32 bits per heavy atom. The molecule has 1 aliphatic rings. The van der Waals surface area contributed by atoms with Crippen LogP contribution in [-0.4, -0.2) is 24.6 Å².